The first-order chi connectivity index (χ1) is 17.6. The normalized spacial score (nSPS) is 11.7. The van der Waals surface area contributed by atoms with E-state index in [1.54, 1.807) is 0 Å². The van der Waals surface area contributed by atoms with Gasteiger partial charge in [0, 0.05) is 0 Å². The van der Waals surface area contributed by atoms with E-state index in [1.165, 1.54) is 12.1 Å². The molecule has 0 fully saturated rings. The first-order valence-electron chi connectivity index (χ1n) is 9.65. The van der Waals surface area contributed by atoms with E-state index >= 15 is 0 Å². The molecule has 0 aliphatic heterocycles. The van der Waals surface area contributed by atoms with Crippen LogP contribution in [-0.2, 0) is 43.6 Å². The summed E-state index contributed by atoms with van der Waals surface area (Å²) in [5.74, 6) is -1.30. The summed E-state index contributed by atoms with van der Waals surface area (Å²) in [7, 11) is -14.1. The largest absolute Gasteiger partial charge is 1.00 e. The first-order valence-corrected chi connectivity index (χ1v) is 14.8. The molecule has 0 spiro atoms. The van der Waals surface area contributed by atoms with Gasteiger partial charge in [-0.05, 0) is 47.9 Å². The van der Waals surface area contributed by atoms with Gasteiger partial charge >= 0.3 is 88.7 Å². The topological polar surface area (TPSA) is 270 Å². The molecule has 0 aromatic heterocycles. The number of phenols is 1. The number of sulfone groups is 1. The maximum Gasteiger partial charge on any atom is 1.00 e. The molecule has 0 saturated heterocycles. The number of phenolic OH excluding ortho intramolecular Hbond substituents is 1. The SMILES string of the molecule is C.Nc1c(S(=O)(=O)[O-])cc2cc(S(=O)(=O)[O-])cc(O)c2c1N=Nc1ccc(S(=O)(=O)CCOSOO[O-])cc1.[Na+].[Na+].[Na+]. The van der Waals surface area contributed by atoms with Gasteiger partial charge in [-0.25, -0.2) is 25.3 Å². The number of hydrogen-bond donors (Lipinski definition) is 2. The van der Waals surface area contributed by atoms with E-state index in [2.05, 4.69) is 23.8 Å². The summed E-state index contributed by atoms with van der Waals surface area (Å²) in [6.45, 7) is -0.345. The van der Waals surface area contributed by atoms with Crippen molar-refractivity contribution >= 4 is 70.2 Å². The van der Waals surface area contributed by atoms with Crippen molar-refractivity contribution in [1.29, 1.82) is 0 Å². The molecule has 3 aromatic carbocycles. The van der Waals surface area contributed by atoms with Gasteiger partial charge in [-0.2, -0.15) is 5.11 Å². The number of anilines is 1. The summed E-state index contributed by atoms with van der Waals surface area (Å²) in [4.78, 5) is -2.05. The molecule has 0 aliphatic carbocycles. The fourth-order valence-corrected chi connectivity index (χ4v) is 5.65. The van der Waals surface area contributed by atoms with Gasteiger partial charge in [0.2, 0.25) is 0 Å². The van der Waals surface area contributed by atoms with Crippen LogP contribution in [0.1, 0.15) is 7.43 Å². The molecule has 0 saturated carbocycles. The van der Waals surface area contributed by atoms with Crippen molar-refractivity contribution in [2.75, 3.05) is 18.1 Å². The first kappa shape index (κ1) is 44.2. The number of aromatic hydroxyl groups is 1. The number of nitrogens with zero attached hydrogens (tertiary/aromatic N) is 2. The molecule has 3 N–H and O–H groups in total. The predicted molar refractivity (Wildman–Crippen MR) is 131 cm³/mol. The van der Waals surface area contributed by atoms with Gasteiger partial charge in [-0.15, -0.1) is 9.45 Å². The molecule has 214 valence electrons. The quantitative estimate of drug-likeness (QED) is 0.0276. The van der Waals surface area contributed by atoms with Crippen LogP contribution in [-0.4, -0.2) is 51.8 Å². The maximum atomic E-state index is 12.3. The smallest absolute Gasteiger partial charge is 0.744 e. The molecule has 0 aliphatic rings. The molecule has 0 radical (unpaired) electrons. The Morgan fingerprint density at radius 3 is 2.00 bits per heavy atom. The van der Waals surface area contributed by atoms with Crippen molar-refractivity contribution < 1.29 is 147 Å². The second-order valence-electron chi connectivity index (χ2n) is 7.12. The third-order valence-electron chi connectivity index (χ3n) is 4.72. The monoisotopic (exact) mass is 693 g/mol. The molecular weight excluding hydrogens is 675 g/mol. The minimum absolute atomic E-state index is 0. The van der Waals surface area contributed by atoms with E-state index in [9.17, 15) is 44.7 Å². The Labute approximate surface area is 312 Å². The Balaban J connectivity index is 0. The van der Waals surface area contributed by atoms with Gasteiger partial charge in [0.25, 0.3) is 0 Å². The van der Waals surface area contributed by atoms with Crippen LogP contribution in [0.5, 0.6) is 5.75 Å². The molecular formula is C19H18N3Na3O13S4. The van der Waals surface area contributed by atoms with Gasteiger partial charge in [-0.1, -0.05) is 7.43 Å². The minimum Gasteiger partial charge on any atom is -0.744 e. The van der Waals surface area contributed by atoms with Gasteiger partial charge in [-0.3, -0.25) is 9.22 Å². The van der Waals surface area contributed by atoms with Crippen molar-refractivity contribution in [2.45, 2.75) is 22.1 Å². The van der Waals surface area contributed by atoms with Crippen molar-refractivity contribution in [3.05, 3.63) is 42.5 Å². The Kier molecular flexibility index (Phi) is 19.2. The molecule has 3 aromatic rings. The van der Waals surface area contributed by atoms with Crippen molar-refractivity contribution in [2.24, 2.45) is 10.2 Å². The zero-order valence-electron chi connectivity index (χ0n) is 21.4. The Morgan fingerprint density at radius 1 is 0.881 bits per heavy atom. The van der Waals surface area contributed by atoms with E-state index in [0.29, 0.717) is 12.1 Å². The number of nitrogen functional groups attached to an aromatic ring is 1. The maximum absolute atomic E-state index is 12.3. The molecule has 0 heterocycles. The second kappa shape index (κ2) is 18.3. The van der Waals surface area contributed by atoms with E-state index in [0.717, 1.165) is 18.2 Å². The van der Waals surface area contributed by atoms with Crippen LogP contribution in [0.15, 0.2) is 67.4 Å². The molecule has 0 unspecified atom stereocenters. The molecule has 0 atom stereocenters. The summed E-state index contributed by atoms with van der Waals surface area (Å²) < 4.78 is 102. The number of rotatable bonds is 11. The van der Waals surface area contributed by atoms with Crippen LogP contribution in [0.4, 0.5) is 17.1 Å². The van der Waals surface area contributed by atoms with E-state index in [4.69, 9.17) is 5.73 Å². The van der Waals surface area contributed by atoms with Crippen LogP contribution < -0.4 is 99.7 Å². The van der Waals surface area contributed by atoms with Gasteiger partial charge in [0.1, 0.15) is 31.7 Å². The second-order valence-corrected chi connectivity index (χ2v) is 12.5. The Morgan fingerprint density at radius 2 is 1.48 bits per heavy atom. The van der Waals surface area contributed by atoms with Crippen LogP contribution in [0.2, 0.25) is 0 Å². The van der Waals surface area contributed by atoms with E-state index in [-0.39, 0.29) is 136 Å². The number of nitrogens with two attached hydrogens (primary N) is 1. The predicted octanol–water partition coefficient (Wildman–Crippen LogP) is -7.42. The summed E-state index contributed by atoms with van der Waals surface area (Å²) in [5.41, 5.74) is 4.58. The van der Waals surface area contributed by atoms with Crippen molar-refractivity contribution in [1.82, 2.24) is 0 Å². The van der Waals surface area contributed by atoms with Crippen molar-refractivity contribution in [3.63, 3.8) is 0 Å². The van der Waals surface area contributed by atoms with Crippen LogP contribution in [0.3, 0.4) is 0 Å². The fraction of sp³-hybridized carbons (Fsp3) is 0.158. The van der Waals surface area contributed by atoms with E-state index < -0.39 is 62.7 Å². The number of fused-ring (bicyclic) bond motifs is 1. The van der Waals surface area contributed by atoms with Crippen molar-refractivity contribution in [3.8, 4) is 5.75 Å². The Hall–Kier alpha value is 0.0800. The third kappa shape index (κ3) is 11.5. The third-order valence-corrected chi connectivity index (χ3v) is 8.48. The number of hydrogen-bond acceptors (Lipinski definition) is 17. The average molecular weight is 694 g/mol. The van der Waals surface area contributed by atoms with Gasteiger partial charge in [0.05, 0.1) is 43.8 Å². The minimum atomic E-state index is -5.22. The molecule has 42 heavy (non-hydrogen) atoms. The number of azo groups is 1. The number of benzene rings is 3. The summed E-state index contributed by atoms with van der Waals surface area (Å²) in [6.07, 6.45) is 0. The molecule has 0 amide bonds. The van der Waals surface area contributed by atoms with Crippen LogP contribution >= 0.6 is 12.3 Å². The summed E-state index contributed by atoms with van der Waals surface area (Å²) in [5, 5.41) is 30.0. The summed E-state index contributed by atoms with van der Waals surface area (Å²) in [6, 6.07) is 6.77. The molecule has 0 bridgehead atoms. The average Bonchev–Trinajstić information content (AvgIpc) is 2.82. The molecule has 23 heteroatoms. The zero-order valence-corrected chi connectivity index (χ0v) is 30.7. The molecule has 3 rings (SSSR count). The molecule has 16 nitrogen and oxygen atoms in total. The standard InChI is InChI=1S/C18H17N3O13S4.CH4.3Na/c19-17-15(38(29,30)31)8-10-7-13(37(26,27)28)9-14(22)16(10)18(17)21-20-11-1-3-12(4-2-11)36(24,25)6-5-32-35-34-33-23;;;;/h1-4,7-9,22-23H,5-6,19H2,(H,26,27,28)(H,29,30,31);1H4;;;/q;;3*+1/p-3. The van der Waals surface area contributed by atoms with Gasteiger partial charge in [0.15, 0.2) is 22.2 Å². The fourth-order valence-electron chi connectivity index (χ4n) is 3.07. The Bertz CT molecular complexity index is 1720. The van der Waals surface area contributed by atoms with Gasteiger partial charge < -0.3 is 25.2 Å². The van der Waals surface area contributed by atoms with E-state index in [1.807, 2.05) is 0 Å². The summed E-state index contributed by atoms with van der Waals surface area (Å²) >= 11 is 0.146. The van der Waals surface area contributed by atoms with Crippen LogP contribution in [0, 0.1) is 0 Å². The zero-order chi connectivity index (χ0) is 28.3. The van der Waals surface area contributed by atoms with Crippen LogP contribution in [0.25, 0.3) is 10.8 Å².